The van der Waals surface area contributed by atoms with Gasteiger partial charge < -0.3 is 4.74 Å². The predicted octanol–water partition coefficient (Wildman–Crippen LogP) is 9.86. The fourth-order valence-electron chi connectivity index (χ4n) is 6.60. The zero-order valence-corrected chi connectivity index (χ0v) is 23.4. The van der Waals surface area contributed by atoms with Crippen molar-refractivity contribution < 1.29 is 4.74 Å². The Morgan fingerprint density at radius 3 is 2.05 bits per heavy atom. The van der Waals surface area contributed by atoms with Crippen LogP contribution in [0.5, 0.6) is 5.75 Å². The zero-order chi connectivity index (χ0) is 26.6. The number of rotatable bonds is 4. The molecule has 190 valence electrons. The van der Waals surface area contributed by atoms with Crippen LogP contribution in [0.15, 0.2) is 96.1 Å². The van der Waals surface area contributed by atoms with Gasteiger partial charge in [-0.15, -0.1) is 0 Å². The molecule has 4 aromatic carbocycles. The van der Waals surface area contributed by atoms with E-state index in [9.17, 15) is 0 Å². The fourth-order valence-corrected chi connectivity index (χ4v) is 6.60. The lowest BCUT2D eigenvalue weighted by molar-refractivity contribution is 0.399. The number of hydrogen-bond acceptors (Lipinski definition) is 1. The van der Waals surface area contributed by atoms with Crippen LogP contribution in [-0.4, -0.2) is 7.11 Å². The van der Waals surface area contributed by atoms with E-state index in [1.54, 1.807) is 0 Å². The molecule has 1 unspecified atom stereocenters. The van der Waals surface area contributed by atoms with Crippen LogP contribution in [0.2, 0.25) is 0 Å². The van der Waals surface area contributed by atoms with Crippen LogP contribution in [-0.2, 0) is 11.8 Å². The Bertz CT molecular complexity index is 1590. The molecule has 2 aliphatic rings. The van der Waals surface area contributed by atoms with Crippen molar-refractivity contribution in [1.82, 2.24) is 0 Å². The largest absolute Gasteiger partial charge is 0.496 e. The molecule has 0 aromatic heterocycles. The summed E-state index contributed by atoms with van der Waals surface area (Å²) >= 11 is 0. The number of allylic oxidation sites excluding steroid dienone is 3. The Morgan fingerprint density at radius 2 is 1.42 bits per heavy atom. The van der Waals surface area contributed by atoms with E-state index in [0.29, 0.717) is 0 Å². The third-order valence-corrected chi connectivity index (χ3v) is 8.27. The van der Waals surface area contributed by atoms with E-state index in [2.05, 4.69) is 126 Å². The summed E-state index contributed by atoms with van der Waals surface area (Å²) in [4.78, 5) is 0. The summed E-state index contributed by atoms with van der Waals surface area (Å²) in [5.74, 6) is 1.22. The van der Waals surface area contributed by atoms with Gasteiger partial charge in [-0.1, -0.05) is 117 Å². The van der Waals surface area contributed by atoms with E-state index in [1.807, 2.05) is 7.11 Å². The van der Waals surface area contributed by atoms with Gasteiger partial charge in [0.05, 0.1) is 7.11 Å². The van der Waals surface area contributed by atoms with Crippen molar-refractivity contribution in [3.63, 3.8) is 0 Å². The van der Waals surface area contributed by atoms with E-state index in [1.165, 1.54) is 66.8 Å². The Hall–Kier alpha value is -3.84. The zero-order valence-electron chi connectivity index (χ0n) is 23.4. The van der Waals surface area contributed by atoms with E-state index < -0.39 is 0 Å². The van der Waals surface area contributed by atoms with Crippen molar-refractivity contribution in [3.8, 4) is 28.0 Å². The summed E-state index contributed by atoms with van der Waals surface area (Å²) in [6, 6.07) is 30.9. The first-order chi connectivity index (χ1) is 18.3. The maximum atomic E-state index is 6.19. The molecule has 1 atom stereocenters. The van der Waals surface area contributed by atoms with Crippen LogP contribution in [0.4, 0.5) is 0 Å². The van der Waals surface area contributed by atoms with Crippen LogP contribution in [0.3, 0.4) is 0 Å². The highest BCUT2D eigenvalue weighted by molar-refractivity contribution is 5.96. The molecule has 0 fully saturated rings. The van der Waals surface area contributed by atoms with Crippen molar-refractivity contribution >= 4 is 11.6 Å². The van der Waals surface area contributed by atoms with Gasteiger partial charge in [-0.3, -0.25) is 0 Å². The Labute approximate surface area is 227 Å². The first-order valence-corrected chi connectivity index (χ1v) is 13.7. The summed E-state index contributed by atoms with van der Waals surface area (Å²) in [6.45, 7) is 11.5. The van der Waals surface area contributed by atoms with Crippen LogP contribution < -0.4 is 4.74 Å². The van der Waals surface area contributed by atoms with E-state index in [4.69, 9.17) is 4.74 Å². The number of benzene rings is 4. The molecule has 0 radical (unpaired) electrons. The van der Waals surface area contributed by atoms with Gasteiger partial charge in [0.1, 0.15) is 5.75 Å². The van der Waals surface area contributed by atoms with Gasteiger partial charge in [0, 0.05) is 17.0 Å². The molecule has 1 heteroatoms. The number of fused-ring (bicyclic) bond motifs is 2. The fraction of sp³-hybridized carbons (Fsp3) is 0.243. The van der Waals surface area contributed by atoms with Gasteiger partial charge in [0.15, 0.2) is 0 Å². The molecule has 0 saturated carbocycles. The molecular formula is C37H36O. The maximum Gasteiger partial charge on any atom is 0.131 e. The van der Waals surface area contributed by atoms with Gasteiger partial charge >= 0.3 is 0 Å². The quantitative estimate of drug-likeness (QED) is 0.273. The van der Waals surface area contributed by atoms with E-state index in [-0.39, 0.29) is 11.3 Å². The number of hydrogen-bond donors (Lipinski definition) is 0. The molecule has 0 saturated heterocycles. The standard InChI is InChI=1S/C37H36O/c1-23-20-27-18-13-19-28(25-14-9-7-10-15-25)34(27)33(23)32-24(2)21-29-30(32)22-31(37(3,4)5)36(38-6)35(29)26-16-11-8-12-17-26/h7-19,21-22,32H,20H2,1-6H3. The lowest BCUT2D eigenvalue weighted by Crippen LogP contribution is -2.15. The molecule has 38 heavy (non-hydrogen) atoms. The van der Waals surface area contributed by atoms with Crippen LogP contribution in [0.1, 0.15) is 68.4 Å². The average molecular weight is 497 g/mol. The lowest BCUT2D eigenvalue weighted by atomic mass is 9.77. The lowest BCUT2D eigenvalue weighted by Gasteiger charge is -2.28. The normalized spacial score (nSPS) is 16.4. The van der Waals surface area contributed by atoms with Crippen molar-refractivity contribution in [1.29, 1.82) is 0 Å². The van der Waals surface area contributed by atoms with Crippen molar-refractivity contribution in [2.24, 2.45) is 0 Å². The number of methoxy groups -OCH3 is 1. The maximum absolute atomic E-state index is 6.19. The minimum Gasteiger partial charge on any atom is -0.496 e. The second-order valence-electron chi connectivity index (χ2n) is 11.8. The first-order valence-electron chi connectivity index (χ1n) is 13.7. The molecule has 0 N–H and O–H groups in total. The monoisotopic (exact) mass is 496 g/mol. The number of ether oxygens (including phenoxy) is 1. The first kappa shape index (κ1) is 24.5. The Morgan fingerprint density at radius 1 is 0.763 bits per heavy atom. The second kappa shape index (κ2) is 9.17. The van der Waals surface area contributed by atoms with Gasteiger partial charge in [-0.05, 0) is 76.3 Å². The van der Waals surface area contributed by atoms with Crippen LogP contribution in [0, 0.1) is 0 Å². The third kappa shape index (κ3) is 3.84. The topological polar surface area (TPSA) is 9.23 Å². The second-order valence-corrected chi connectivity index (χ2v) is 11.8. The van der Waals surface area contributed by atoms with Crippen molar-refractivity contribution in [3.05, 3.63) is 124 Å². The van der Waals surface area contributed by atoms with Crippen LogP contribution >= 0.6 is 0 Å². The molecule has 0 bridgehead atoms. The average Bonchev–Trinajstić information content (AvgIpc) is 3.42. The highest BCUT2D eigenvalue weighted by Gasteiger charge is 2.37. The highest BCUT2D eigenvalue weighted by Crippen LogP contribution is 2.56. The van der Waals surface area contributed by atoms with Crippen LogP contribution in [0.25, 0.3) is 33.9 Å². The molecular weight excluding hydrogens is 460 g/mol. The van der Waals surface area contributed by atoms with Gasteiger partial charge in [0.25, 0.3) is 0 Å². The SMILES string of the molecule is COc1c(C(C)(C)C)cc2c(c1-c1ccccc1)C=C(C)C2C1=C(C)Cc2cccc(-c3ccccc3)c21. The Kier molecular flexibility index (Phi) is 5.91. The molecule has 0 spiro atoms. The third-order valence-electron chi connectivity index (χ3n) is 8.27. The predicted molar refractivity (Wildman–Crippen MR) is 162 cm³/mol. The minimum atomic E-state index is -0.0584. The van der Waals surface area contributed by atoms with Gasteiger partial charge in [0.2, 0.25) is 0 Å². The molecule has 0 aliphatic heterocycles. The van der Waals surface area contributed by atoms with E-state index >= 15 is 0 Å². The van der Waals surface area contributed by atoms with Crippen molar-refractivity contribution in [2.45, 2.75) is 52.4 Å². The summed E-state index contributed by atoms with van der Waals surface area (Å²) < 4.78 is 6.19. The van der Waals surface area contributed by atoms with E-state index in [0.717, 1.165) is 12.2 Å². The molecule has 6 rings (SSSR count). The molecule has 0 heterocycles. The summed E-state index contributed by atoms with van der Waals surface area (Å²) in [6.07, 6.45) is 3.43. The molecule has 2 aliphatic carbocycles. The summed E-state index contributed by atoms with van der Waals surface area (Å²) in [5, 5.41) is 0. The smallest absolute Gasteiger partial charge is 0.131 e. The molecule has 0 amide bonds. The summed E-state index contributed by atoms with van der Waals surface area (Å²) in [5.41, 5.74) is 16.2. The highest BCUT2D eigenvalue weighted by atomic mass is 16.5. The van der Waals surface area contributed by atoms with Crippen molar-refractivity contribution in [2.75, 3.05) is 7.11 Å². The summed E-state index contributed by atoms with van der Waals surface area (Å²) in [7, 11) is 1.82. The minimum absolute atomic E-state index is 0.0584. The Balaban J connectivity index is 1.63. The van der Waals surface area contributed by atoms with Gasteiger partial charge in [-0.25, -0.2) is 0 Å². The molecule has 1 nitrogen and oxygen atoms in total. The van der Waals surface area contributed by atoms with Gasteiger partial charge in [-0.2, -0.15) is 0 Å². The molecule has 4 aromatic rings.